The molecule has 0 spiro atoms. The number of benzene rings is 2. The Kier molecular flexibility index (Phi) is 6.06. The number of hydrogen-bond donors (Lipinski definition) is 0. The minimum atomic E-state index is -0.454. The molecule has 31 heavy (non-hydrogen) atoms. The molecule has 3 aromatic rings. The fraction of sp³-hybridized carbons (Fsp3) is 0.238. The first-order valence-electron chi connectivity index (χ1n) is 9.55. The number of thiazole rings is 1. The molecule has 1 aliphatic rings. The number of non-ortho nitro benzene ring substituents is 1. The quantitative estimate of drug-likeness (QED) is 0.323. The Bertz CT molecular complexity index is 1170. The van der Waals surface area contributed by atoms with E-state index in [0.717, 1.165) is 15.3 Å². The smallest absolute Gasteiger partial charge is 0.270 e. The Morgan fingerprint density at radius 2 is 2.03 bits per heavy atom. The number of nitrogens with zero attached hydrogens (tertiary/aromatic N) is 4. The molecule has 0 unspecified atom stereocenters. The van der Waals surface area contributed by atoms with E-state index in [-0.39, 0.29) is 11.6 Å². The normalized spacial score (nSPS) is 14.4. The van der Waals surface area contributed by atoms with Gasteiger partial charge in [-0.05, 0) is 23.8 Å². The summed E-state index contributed by atoms with van der Waals surface area (Å²) in [5.41, 5.74) is 1.36. The molecule has 1 aliphatic heterocycles. The van der Waals surface area contributed by atoms with Crippen LogP contribution < -0.4 is 9.64 Å². The molecule has 1 aromatic heterocycles. The topological polar surface area (TPSA) is 88.8 Å². The van der Waals surface area contributed by atoms with Gasteiger partial charge in [-0.2, -0.15) is 0 Å². The maximum Gasteiger partial charge on any atom is 0.270 e. The van der Waals surface area contributed by atoms with Crippen molar-refractivity contribution in [3.05, 3.63) is 63.2 Å². The average molecular weight is 459 g/mol. The van der Waals surface area contributed by atoms with Crippen molar-refractivity contribution in [2.45, 2.75) is 0 Å². The van der Waals surface area contributed by atoms with Crippen LogP contribution in [0.1, 0.15) is 5.56 Å². The number of aromatic nitrogens is 1. The Morgan fingerprint density at radius 1 is 1.26 bits per heavy atom. The van der Waals surface area contributed by atoms with Gasteiger partial charge >= 0.3 is 0 Å². The molecule has 0 radical (unpaired) electrons. The van der Waals surface area contributed by atoms with Gasteiger partial charge in [0, 0.05) is 44.4 Å². The third kappa shape index (κ3) is 4.47. The highest BCUT2D eigenvalue weighted by molar-refractivity contribution is 7.22. The van der Waals surface area contributed by atoms with E-state index in [1.807, 2.05) is 6.07 Å². The lowest BCUT2D eigenvalue weighted by molar-refractivity contribution is -0.384. The van der Waals surface area contributed by atoms with Crippen LogP contribution in [0, 0.1) is 10.1 Å². The minimum absolute atomic E-state index is 0.00281. The molecule has 0 atom stereocenters. The van der Waals surface area contributed by atoms with E-state index < -0.39 is 4.92 Å². The molecule has 0 bridgehead atoms. The summed E-state index contributed by atoms with van der Waals surface area (Å²) in [6, 6.07) is 9.91. The van der Waals surface area contributed by atoms with Crippen molar-refractivity contribution in [3.63, 3.8) is 0 Å². The van der Waals surface area contributed by atoms with Crippen molar-refractivity contribution in [2.24, 2.45) is 0 Å². The number of halogens is 1. The van der Waals surface area contributed by atoms with E-state index in [9.17, 15) is 14.9 Å². The van der Waals surface area contributed by atoms with E-state index in [4.69, 9.17) is 21.3 Å². The largest absolute Gasteiger partial charge is 0.493 e. The SMILES string of the molecule is COc1c(Cl)ccc2sc(N3CCN(C(=O)/C=C/c4cccc([N+](=O)[O-])c4)CC3)nc12. The summed E-state index contributed by atoms with van der Waals surface area (Å²) in [6.07, 6.45) is 3.06. The third-order valence-corrected chi connectivity index (χ3v) is 6.40. The first-order valence-corrected chi connectivity index (χ1v) is 10.7. The first-order chi connectivity index (χ1) is 15.0. The van der Waals surface area contributed by atoms with Crippen LogP contribution in [0.2, 0.25) is 5.02 Å². The summed E-state index contributed by atoms with van der Waals surface area (Å²) < 4.78 is 6.38. The van der Waals surface area contributed by atoms with Crippen molar-refractivity contribution >= 4 is 56.0 Å². The standard InChI is InChI=1S/C21H19ClN4O4S/c1-30-20-16(22)6-7-17-19(20)23-21(31-17)25-11-9-24(10-12-25)18(27)8-5-14-3-2-4-15(13-14)26(28)29/h2-8,13H,9-12H2,1H3/b8-5+. The molecule has 1 amide bonds. The van der Waals surface area contributed by atoms with Gasteiger partial charge in [-0.1, -0.05) is 35.1 Å². The van der Waals surface area contributed by atoms with Gasteiger partial charge in [0.1, 0.15) is 5.52 Å². The Labute approximate surface area is 187 Å². The van der Waals surface area contributed by atoms with Gasteiger partial charge < -0.3 is 14.5 Å². The Hall–Kier alpha value is -3.17. The van der Waals surface area contributed by atoms with E-state index in [2.05, 4.69) is 4.90 Å². The highest BCUT2D eigenvalue weighted by Gasteiger charge is 2.23. The Balaban J connectivity index is 1.40. The maximum atomic E-state index is 12.5. The number of rotatable bonds is 5. The molecular formula is C21H19ClN4O4S. The lowest BCUT2D eigenvalue weighted by Crippen LogP contribution is -2.48. The van der Waals surface area contributed by atoms with Crippen molar-refractivity contribution in [1.29, 1.82) is 0 Å². The van der Waals surface area contributed by atoms with Gasteiger partial charge in [0.2, 0.25) is 5.91 Å². The van der Waals surface area contributed by atoms with Crippen molar-refractivity contribution < 1.29 is 14.5 Å². The molecule has 0 saturated carbocycles. The van der Waals surface area contributed by atoms with Crippen LogP contribution in [0.4, 0.5) is 10.8 Å². The van der Waals surface area contributed by atoms with E-state index in [1.54, 1.807) is 47.6 Å². The number of ether oxygens (including phenoxy) is 1. The van der Waals surface area contributed by atoms with Gasteiger partial charge in [-0.25, -0.2) is 4.98 Å². The molecule has 0 N–H and O–H groups in total. The highest BCUT2D eigenvalue weighted by atomic mass is 35.5. The molecular weight excluding hydrogens is 440 g/mol. The summed E-state index contributed by atoms with van der Waals surface area (Å²) in [7, 11) is 1.57. The second-order valence-corrected chi connectivity index (χ2v) is 8.34. The fourth-order valence-electron chi connectivity index (χ4n) is 3.40. The van der Waals surface area contributed by atoms with Crippen LogP contribution in [0.5, 0.6) is 5.75 Å². The molecule has 160 valence electrons. The summed E-state index contributed by atoms with van der Waals surface area (Å²) in [6.45, 7) is 2.44. The zero-order valence-corrected chi connectivity index (χ0v) is 18.2. The second kappa shape index (κ2) is 8.91. The maximum absolute atomic E-state index is 12.5. The summed E-state index contributed by atoms with van der Waals surface area (Å²) in [5, 5.41) is 12.3. The molecule has 1 fully saturated rings. The highest BCUT2D eigenvalue weighted by Crippen LogP contribution is 2.38. The number of amides is 1. The number of piperazine rings is 1. The average Bonchev–Trinajstić information content (AvgIpc) is 3.22. The van der Waals surface area contributed by atoms with E-state index in [0.29, 0.717) is 42.5 Å². The number of nitro groups is 1. The van der Waals surface area contributed by atoms with Gasteiger partial charge in [0.25, 0.3) is 5.69 Å². The number of hydrogen-bond acceptors (Lipinski definition) is 7. The van der Waals surface area contributed by atoms with Crippen molar-refractivity contribution in [1.82, 2.24) is 9.88 Å². The number of methoxy groups -OCH3 is 1. The van der Waals surface area contributed by atoms with Crippen LogP contribution in [-0.2, 0) is 4.79 Å². The number of carbonyl (C=O) groups excluding carboxylic acids is 1. The van der Waals surface area contributed by atoms with Gasteiger partial charge in [-0.3, -0.25) is 14.9 Å². The number of anilines is 1. The number of carbonyl (C=O) groups is 1. The molecule has 2 aromatic carbocycles. The molecule has 8 nitrogen and oxygen atoms in total. The predicted molar refractivity (Wildman–Crippen MR) is 122 cm³/mol. The molecule has 1 saturated heterocycles. The van der Waals surface area contributed by atoms with E-state index >= 15 is 0 Å². The van der Waals surface area contributed by atoms with Crippen LogP contribution in [0.15, 0.2) is 42.5 Å². The third-order valence-electron chi connectivity index (χ3n) is 5.02. The van der Waals surface area contributed by atoms with Crippen LogP contribution in [0.25, 0.3) is 16.3 Å². The number of nitro benzene ring substituents is 1. The zero-order chi connectivity index (χ0) is 22.0. The fourth-order valence-corrected chi connectivity index (χ4v) is 4.64. The second-order valence-electron chi connectivity index (χ2n) is 6.92. The van der Waals surface area contributed by atoms with Crippen LogP contribution in [-0.4, -0.2) is 54.0 Å². The zero-order valence-electron chi connectivity index (χ0n) is 16.7. The predicted octanol–water partition coefficient (Wildman–Crippen LogP) is 4.23. The summed E-state index contributed by atoms with van der Waals surface area (Å²) >= 11 is 7.76. The van der Waals surface area contributed by atoms with Gasteiger partial charge in [0.05, 0.1) is 21.8 Å². The van der Waals surface area contributed by atoms with Crippen molar-refractivity contribution in [2.75, 3.05) is 38.2 Å². The summed E-state index contributed by atoms with van der Waals surface area (Å²) in [5.74, 6) is 0.450. The Morgan fingerprint density at radius 3 is 2.74 bits per heavy atom. The lowest BCUT2D eigenvalue weighted by atomic mass is 10.2. The molecule has 0 aliphatic carbocycles. The van der Waals surface area contributed by atoms with Crippen LogP contribution >= 0.6 is 22.9 Å². The van der Waals surface area contributed by atoms with Gasteiger partial charge in [0.15, 0.2) is 10.9 Å². The van der Waals surface area contributed by atoms with Crippen LogP contribution in [0.3, 0.4) is 0 Å². The molecule has 4 rings (SSSR count). The number of fused-ring (bicyclic) bond motifs is 1. The molecule has 2 heterocycles. The monoisotopic (exact) mass is 458 g/mol. The first kappa shape index (κ1) is 21.1. The summed E-state index contributed by atoms with van der Waals surface area (Å²) in [4.78, 5) is 31.6. The van der Waals surface area contributed by atoms with Crippen molar-refractivity contribution in [3.8, 4) is 5.75 Å². The molecule has 10 heteroatoms. The van der Waals surface area contributed by atoms with Gasteiger partial charge in [-0.15, -0.1) is 0 Å². The lowest BCUT2D eigenvalue weighted by Gasteiger charge is -2.34. The minimum Gasteiger partial charge on any atom is -0.493 e. The van der Waals surface area contributed by atoms with E-state index in [1.165, 1.54) is 18.2 Å².